The van der Waals surface area contributed by atoms with Gasteiger partial charge in [0, 0.05) is 10.5 Å². The summed E-state index contributed by atoms with van der Waals surface area (Å²) >= 11 is 3.64. The Kier molecular flexibility index (Phi) is 5.62. The van der Waals surface area contributed by atoms with Crippen LogP contribution in [0.25, 0.3) is 10.8 Å². The van der Waals surface area contributed by atoms with E-state index < -0.39 is 0 Å². The molecule has 0 heterocycles. The second-order valence-electron chi connectivity index (χ2n) is 5.55. The van der Waals surface area contributed by atoms with Gasteiger partial charge in [-0.3, -0.25) is 0 Å². The first-order chi connectivity index (χ1) is 9.69. The zero-order chi connectivity index (χ0) is 14.5. The zero-order valence-electron chi connectivity index (χ0n) is 12.4. The molecule has 0 radical (unpaired) electrons. The summed E-state index contributed by atoms with van der Waals surface area (Å²) in [6.45, 7) is 4.49. The Hall–Kier alpha value is -0.860. The number of hydrogen-bond acceptors (Lipinski definition) is 1. The number of hydrogen-bond donors (Lipinski definition) is 1. The van der Waals surface area contributed by atoms with Crippen LogP contribution in [0.5, 0.6) is 0 Å². The molecule has 0 aliphatic carbocycles. The molecule has 0 fully saturated rings. The molecule has 0 aliphatic heterocycles. The molecule has 0 amide bonds. The van der Waals surface area contributed by atoms with Crippen molar-refractivity contribution in [2.45, 2.75) is 45.6 Å². The summed E-state index contributed by atoms with van der Waals surface area (Å²) in [6.07, 6.45) is 4.82. The van der Waals surface area contributed by atoms with Crippen molar-refractivity contribution in [2.75, 3.05) is 0 Å². The molecule has 108 valence electrons. The van der Waals surface area contributed by atoms with Crippen LogP contribution in [0.1, 0.15) is 51.1 Å². The Morgan fingerprint density at radius 2 is 1.55 bits per heavy atom. The highest BCUT2D eigenvalue weighted by atomic mass is 79.9. The Labute approximate surface area is 130 Å². The molecule has 0 spiro atoms. The molecule has 20 heavy (non-hydrogen) atoms. The van der Waals surface area contributed by atoms with Crippen molar-refractivity contribution in [3.63, 3.8) is 0 Å². The van der Waals surface area contributed by atoms with Gasteiger partial charge in [-0.25, -0.2) is 0 Å². The van der Waals surface area contributed by atoms with Gasteiger partial charge in [0.15, 0.2) is 0 Å². The van der Waals surface area contributed by atoms with Gasteiger partial charge in [0.25, 0.3) is 0 Å². The molecule has 2 heteroatoms. The molecule has 2 aromatic rings. The molecule has 0 saturated carbocycles. The van der Waals surface area contributed by atoms with Crippen molar-refractivity contribution < 1.29 is 0 Å². The van der Waals surface area contributed by atoms with Crippen molar-refractivity contribution in [1.82, 2.24) is 0 Å². The first-order valence-electron chi connectivity index (χ1n) is 7.61. The molecule has 1 atom stereocenters. The molecule has 2 N–H and O–H groups in total. The van der Waals surface area contributed by atoms with E-state index in [2.05, 4.69) is 66.2 Å². The van der Waals surface area contributed by atoms with E-state index in [-0.39, 0.29) is 6.04 Å². The summed E-state index contributed by atoms with van der Waals surface area (Å²) in [5.41, 5.74) is 7.90. The highest BCUT2D eigenvalue weighted by Gasteiger charge is 2.20. The fourth-order valence-electron chi connectivity index (χ4n) is 3.08. The van der Waals surface area contributed by atoms with Crippen LogP contribution in [0.4, 0.5) is 0 Å². The number of rotatable bonds is 6. The topological polar surface area (TPSA) is 26.0 Å². The lowest BCUT2D eigenvalue weighted by atomic mass is 9.85. The maximum absolute atomic E-state index is 6.61. The first kappa shape index (κ1) is 15.5. The third kappa shape index (κ3) is 3.24. The summed E-state index contributed by atoms with van der Waals surface area (Å²) in [7, 11) is 0. The van der Waals surface area contributed by atoms with E-state index in [0.29, 0.717) is 5.92 Å². The normalized spacial score (nSPS) is 13.1. The summed E-state index contributed by atoms with van der Waals surface area (Å²) < 4.78 is 1.14. The van der Waals surface area contributed by atoms with Crippen LogP contribution in [-0.4, -0.2) is 0 Å². The third-order valence-corrected chi connectivity index (χ3v) is 4.78. The minimum absolute atomic E-state index is 0.132. The van der Waals surface area contributed by atoms with Crippen molar-refractivity contribution in [2.24, 2.45) is 11.7 Å². The predicted molar refractivity (Wildman–Crippen MR) is 91.9 cm³/mol. The van der Waals surface area contributed by atoms with E-state index >= 15 is 0 Å². The monoisotopic (exact) mass is 333 g/mol. The smallest absolute Gasteiger partial charge is 0.0329 e. The predicted octanol–water partition coefficient (Wildman–Crippen LogP) is 5.82. The van der Waals surface area contributed by atoms with Gasteiger partial charge < -0.3 is 5.73 Å². The largest absolute Gasteiger partial charge is 0.324 e. The Bertz CT molecular complexity index is 558. The Balaban J connectivity index is 2.43. The van der Waals surface area contributed by atoms with Crippen LogP contribution in [0.3, 0.4) is 0 Å². The second-order valence-corrected chi connectivity index (χ2v) is 6.40. The maximum Gasteiger partial charge on any atom is 0.0329 e. The lowest BCUT2D eigenvalue weighted by molar-refractivity contribution is 0.370. The average molecular weight is 334 g/mol. The number of fused-ring (bicyclic) bond motifs is 1. The van der Waals surface area contributed by atoms with E-state index in [4.69, 9.17) is 5.73 Å². The lowest BCUT2D eigenvalue weighted by Crippen LogP contribution is -2.21. The average Bonchev–Trinajstić information content (AvgIpc) is 2.47. The van der Waals surface area contributed by atoms with Crippen molar-refractivity contribution in [3.05, 3.63) is 46.4 Å². The number of benzene rings is 2. The van der Waals surface area contributed by atoms with Gasteiger partial charge in [-0.1, -0.05) is 73.0 Å². The van der Waals surface area contributed by atoms with Gasteiger partial charge in [-0.15, -0.1) is 0 Å². The standard InChI is InChI=1S/C18H24BrN/c1-3-7-13(8-4-2)18(20)16-11-12-17(19)15-10-6-5-9-14(15)16/h5-6,9-13,18H,3-4,7-8,20H2,1-2H3. The SMILES string of the molecule is CCCC(CCC)C(N)c1ccc(Br)c2ccccc12. The van der Waals surface area contributed by atoms with Gasteiger partial charge in [0.1, 0.15) is 0 Å². The lowest BCUT2D eigenvalue weighted by Gasteiger charge is -2.25. The molecular weight excluding hydrogens is 310 g/mol. The van der Waals surface area contributed by atoms with E-state index in [1.165, 1.54) is 42.0 Å². The summed E-state index contributed by atoms with van der Waals surface area (Å²) in [5.74, 6) is 0.578. The maximum atomic E-state index is 6.61. The summed E-state index contributed by atoms with van der Waals surface area (Å²) in [5, 5.41) is 2.54. The van der Waals surface area contributed by atoms with Gasteiger partial charge in [-0.05, 0) is 41.2 Å². The van der Waals surface area contributed by atoms with E-state index in [0.717, 1.165) is 4.47 Å². The van der Waals surface area contributed by atoms with E-state index in [1.54, 1.807) is 0 Å². The first-order valence-corrected chi connectivity index (χ1v) is 8.41. The minimum Gasteiger partial charge on any atom is -0.324 e. The van der Waals surface area contributed by atoms with Crippen molar-refractivity contribution in [3.8, 4) is 0 Å². The second kappa shape index (κ2) is 7.24. The highest BCUT2D eigenvalue weighted by molar-refractivity contribution is 9.10. The summed E-state index contributed by atoms with van der Waals surface area (Å²) in [4.78, 5) is 0. The fraction of sp³-hybridized carbons (Fsp3) is 0.444. The minimum atomic E-state index is 0.132. The third-order valence-electron chi connectivity index (χ3n) is 4.09. The highest BCUT2D eigenvalue weighted by Crippen LogP contribution is 2.34. The molecular formula is C18H24BrN. The van der Waals surface area contributed by atoms with Gasteiger partial charge in [0.05, 0.1) is 0 Å². The van der Waals surface area contributed by atoms with E-state index in [9.17, 15) is 0 Å². The molecule has 0 bridgehead atoms. The molecule has 0 saturated heterocycles. The molecule has 0 aromatic heterocycles. The molecule has 2 aromatic carbocycles. The van der Waals surface area contributed by atoms with Crippen LogP contribution in [0, 0.1) is 5.92 Å². The van der Waals surface area contributed by atoms with Crippen LogP contribution in [0.2, 0.25) is 0 Å². The van der Waals surface area contributed by atoms with Gasteiger partial charge in [-0.2, -0.15) is 0 Å². The van der Waals surface area contributed by atoms with Gasteiger partial charge >= 0.3 is 0 Å². The molecule has 1 nitrogen and oxygen atoms in total. The van der Waals surface area contributed by atoms with Crippen LogP contribution >= 0.6 is 15.9 Å². The van der Waals surface area contributed by atoms with Gasteiger partial charge in [0.2, 0.25) is 0 Å². The van der Waals surface area contributed by atoms with Crippen LogP contribution in [0.15, 0.2) is 40.9 Å². The molecule has 0 aliphatic rings. The van der Waals surface area contributed by atoms with Crippen LogP contribution < -0.4 is 5.73 Å². The van der Waals surface area contributed by atoms with Crippen molar-refractivity contribution >= 4 is 26.7 Å². The number of nitrogens with two attached hydrogens (primary N) is 1. The quantitative estimate of drug-likeness (QED) is 0.708. The number of halogens is 1. The van der Waals surface area contributed by atoms with Crippen molar-refractivity contribution in [1.29, 1.82) is 0 Å². The Morgan fingerprint density at radius 1 is 0.950 bits per heavy atom. The molecule has 1 unspecified atom stereocenters. The summed E-state index contributed by atoms with van der Waals surface area (Å²) in [6, 6.07) is 13.0. The van der Waals surface area contributed by atoms with Crippen LogP contribution in [-0.2, 0) is 0 Å². The molecule has 2 rings (SSSR count). The fourth-order valence-corrected chi connectivity index (χ4v) is 3.55. The Morgan fingerprint density at radius 3 is 2.15 bits per heavy atom. The zero-order valence-corrected chi connectivity index (χ0v) is 14.0. The van der Waals surface area contributed by atoms with E-state index in [1.807, 2.05) is 0 Å².